The lowest BCUT2D eigenvalue weighted by Crippen LogP contribution is -2.42. The number of carbonyl (C=O) groups is 1. The summed E-state index contributed by atoms with van der Waals surface area (Å²) in [4.78, 5) is 16.0. The van der Waals surface area contributed by atoms with E-state index in [1.54, 1.807) is 0 Å². The zero-order chi connectivity index (χ0) is 16.2. The molecule has 0 spiro atoms. The fraction of sp³-hybridized carbons (Fsp3) is 0.800. The molecule has 2 aliphatic heterocycles. The third-order valence-corrected chi connectivity index (χ3v) is 4.78. The predicted molar refractivity (Wildman–Crippen MR) is 99.2 cm³/mol. The molecule has 0 radical (unpaired) electrons. The largest absolute Gasteiger partial charge is 0.379 e. The number of hydrogen-bond donors (Lipinski definition) is 1. The maximum Gasteiger partial charge on any atom is 0.236 e. The second kappa shape index (κ2) is 10.3. The SMILES string of the molecule is Cl.Cl.Cn1c(CN2CCOCC2)nnc1C1CCCN(C(=O)CN)C1. The smallest absolute Gasteiger partial charge is 0.236 e. The number of piperidine rings is 1. The number of morpholine rings is 1. The van der Waals surface area contributed by atoms with E-state index in [0.29, 0.717) is 6.54 Å². The highest BCUT2D eigenvalue weighted by Crippen LogP contribution is 2.26. The van der Waals surface area contributed by atoms with Gasteiger partial charge in [-0.3, -0.25) is 9.69 Å². The summed E-state index contributed by atoms with van der Waals surface area (Å²) in [5.41, 5.74) is 5.49. The van der Waals surface area contributed by atoms with Crippen LogP contribution in [0, 0.1) is 0 Å². The molecule has 2 aliphatic rings. The van der Waals surface area contributed by atoms with Crippen molar-refractivity contribution in [2.45, 2.75) is 25.3 Å². The van der Waals surface area contributed by atoms with Crippen LogP contribution >= 0.6 is 24.8 Å². The van der Waals surface area contributed by atoms with Crippen molar-refractivity contribution in [3.05, 3.63) is 11.6 Å². The first-order chi connectivity index (χ1) is 11.2. The van der Waals surface area contributed by atoms with Crippen LogP contribution in [0.5, 0.6) is 0 Å². The number of carbonyl (C=O) groups excluding carboxylic acids is 1. The van der Waals surface area contributed by atoms with Crippen molar-refractivity contribution in [1.82, 2.24) is 24.6 Å². The maximum atomic E-state index is 11.8. The Hall–Kier alpha value is -0.930. The van der Waals surface area contributed by atoms with E-state index >= 15 is 0 Å². The molecule has 1 unspecified atom stereocenters. The molecule has 0 bridgehead atoms. The van der Waals surface area contributed by atoms with Gasteiger partial charge in [0.1, 0.15) is 11.6 Å². The summed E-state index contributed by atoms with van der Waals surface area (Å²) < 4.78 is 7.47. The number of aromatic nitrogens is 3. The molecule has 3 heterocycles. The lowest BCUT2D eigenvalue weighted by Gasteiger charge is -2.32. The fourth-order valence-electron chi connectivity index (χ4n) is 3.37. The van der Waals surface area contributed by atoms with E-state index in [1.165, 1.54) is 0 Å². The van der Waals surface area contributed by atoms with E-state index in [-0.39, 0.29) is 43.2 Å². The van der Waals surface area contributed by atoms with Crippen LogP contribution in [0.4, 0.5) is 0 Å². The molecule has 2 saturated heterocycles. The lowest BCUT2D eigenvalue weighted by molar-refractivity contribution is -0.130. The summed E-state index contributed by atoms with van der Waals surface area (Å²) in [5, 5.41) is 8.79. The summed E-state index contributed by atoms with van der Waals surface area (Å²) >= 11 is 0. The molecule has 0 aromatic carbocycles. The normalized spacial score (nSPS) is 21.4. The van der Waals surface area contributed by atoms with Gasteiger partial charge in [0.15, 0.2) is 0 Å². The molecule has 2 N–H and O–H groups in total. The van der Waals surface area contributed by atoms with Crippen LogP contribution in [0.3, 0.4) is 0 Å². The fourth-order valence-corrected chi connectivity index (χ4v) is 3.37. The summed E-state index contributed by atoms with van der Waals surface area (Å²) in [6, 6.07) is 0. The van der Waals surface area contributed by atoms with Crippen LogP contribution < -0.4 is 5.73 Å². The van der Waals surface area contributed by atoms with Gasteiger partial charge in [-0.15, -0.1) is 35.0 Å². The molecule has 0 aliphatic carbocycles. The molecule has 10 heteroatoms. The van der Waals surface area contributed by atoms with Gasteiger partial charge in [0, 0.05) is 39.1 Å². The minimum Gasteiger partial charge on any atom is -0.379 e. The molecule has 25 heavy (non-hydrogen) atoms. The van der Waals surface area contributed by atoms with Crippen molar-refractivity contribution in [3.8, 4) is 0 Å². The number of rotatable bonds is 4. The van der Waals surface area contributed by atoms with Crippen molar-refractivity contribution < 1.29 is 9.53 Å². The first-order valence-corrected chi connectivity index (χ1v) is 8.35. The van der Waals surface area contributed by atoms with E-state index in [2.05, 4.69) is 19.7 Å². The summed E-state index contributed by atoms with van der Waals surface area (Å²) in [6.45, 7) is 5.80. The highest BCUT2D eigenvalue weighted by Gasteiger charge is 2.28. The zero-order valence-electron chi connectivity index (χ0n) is 14.6. The number of nitrogens with two attached hydrogens (primary N) is 1. The number of nitrogens with zero attached hydrogens (tertiary/aromatic N) is 5. The van der Waals surface area contributed by atoms with Gasteiger partial charge in [0.25, 0.3) is 0 Å². The number of ether oxygens (including phenoxy) is 1. The Bertz CT molecular complexity index is 550. The van der Waals surface area contributed by atoms with Crippen LogP contribution in [0.15, 0.2) is 0 Å². The van der Waals surface area contributed by atoms with Crippen molar-refractivity contribution in [2.75, 3.05) is 45.9 Å². The van der Waals surface area contributed by atoms with Gasteiger partial charge in [0.2, 0.25) is 5.91 Å². The number of halogens is 2. The maximum absolute atomic E-state index is 11.8. The average molecular weight is 395 g/mol. The number of amides is 1. The quantitative estimate of drug-likeness (QED) is 0.781. The van der Waals surface area contributed by atoms with E-state index in [1.807, 2.05) is 11.9 Å². The third kappa shape index (κ3) is 5.27. The Balaban J connectivity index is 0.00000156. The first kappa shape index (κ1) is 22.1. The molecular weight excluding hydrogens is 367 g/mol. The molecule has 0 saturated carbocycles. The summed E-state index contributed by atoms with van der Waals surface area (Å²) in [5.74, 6) is 2.22. The van der Waals surface area contributed by atoms with Crippen molar-refractivity contribution in [3.63, 3.8) is 0 Å². The van der Waals surface area contributed by atoms with Crippen molar-refractivity contribution >= 4 is 30.7 Å². The van der Waals surface area contributed by atoms with Gasteiger partial charge < -0.3 is 19.9 Å². The minimum atomic E-state index is 0. The molecule has 8 nitrogen and oxygen atoms in total. The Kier molecular flexibility index (Phi) is 9.09. The summed E-state index contributed by atoms with van der Waals surface area (Å²) in [6.07, 6.45) is 2.03. The predicted octanol–water partition coefficient (Wildman–Crippen LogP) is 0.156. The summed E-state index contributed by atoms with van der Waals surface area (Å²) in [7, 11) is 2.02. The molecule has 3 rings (SSSR count). The van der Waals surface area contributed by atoms with Crippen molar-refractivity contribution in [1.29, 1.82) is 0 Å². The number of hydrogen-bond acceptors (Lipinski definition) is 6. The van der Waals surface area contributed by atoms with Crippen molar-refractivity contribution in [2.24, 2.45) is 12.8 Å². The van der Waals surface area contributed by atoms with Crippen LogP contribution in [-0.2, 0) is 23.1 Å². The second-order valence-corrected chi connectivity index (χ2v) is 6.30. The van der Waals surface area contributed by atoms with Crippen LogP contribution in [0.1, 0.15) is 30.4 Å². The van der Waals surface area contributed by atoms with E-state index in [9.17, 15) is 4.79 Å². The highest BCUT2D eigenvalue weighted by molar-refractivity contribution is 5.85. The Labute approximate surface area is 160 Å². The minimum absolute atomic E-state index is 0. The number of likely N-dealkylation sites (tertiary alicyclic amines) is 1. The second-order valence-electron chi connectivity index (χ2n) is 6.30. The molecule has 2 fully saturated rings. The Morgan fingerprint density at radius 1 is 1.24 bits per heavy atom. The van der Waals surface area contributed by atoms with Crippen LogP contribution in [0.25, 0.3) is 0 Å². The third-order valence-electron chi connectivity index (χ3n) is 4.78. The van der Waals surface area contributed by atoms with Crippen LogP contribution in [0.2, 0.25) is 0 Å². The topological polar surface area (TPSA) is 89.5 Å². The molecule has 1 atom stereocenters. The standard InChI is InChI=1S/C15H26N6O2.2ClH/c1-19-13(11-20-5-7-23-8-6-20)17-18-15(19)12-3-2-4-21(10-12)14(22)9-16;;/h12H,2-11,16H2,1H3;2*1H. The Morgan fingerprint density at radius 3 is 2.64 bits per heavy atom. The molecule has 1 aromatic heterocycles. The van der Waals surface area contributed by atoms with Gasteiger partial charge in [-0.2, -0.15) is 0 Å². The van der Waals surface area contributed by atoms with E-state index < -0.39 is 0 Å². The van der Waals surface area contributed by atoms with E-state index in [4.69, 9.17) is 10.5 Å². The Morgan fingerprint density at radius 2 is 1.96 bits per heavy atom. The van der Waals surface area contributed by atoms with Gasteiger partial charge in [-0.25, -0.2) is 0 Å². The molecule has 1 aromatic rings. The van der Waals surface area contributed by atoms with Gasteiger partial charge in [-0.05, 0) is 12.8 Å². The molecule has 144 valence electrons. The van der Waals surface area contributed by atoms with Gasteiger partial charge in [0.05, 0.1) is 26.3 Å². The monoisotopic (exact) mass is 394 g/mol. The lowest BCUT2D eigenvalue weighted by atomic mass is 9.97. The van der Waals surface area contributed by atoms with Crippen LogP contribution in [-0.4, -0.2) is 76.4 Å². The molecular formula is C15H28Cl2N6O2. The van der Waals surface area contributed by atoms with Gasteiger partial charge in [-0.1, -0.05) is 0 Å². The van der Waals surface area contributed by atoms with Gasteiger partial charge >= 0.3 is 0 Å². The average Bonchev–Trinajstić information content (AvgIpc) is 2.96. The zero-order valence-corrected chi connectivity index (χ0v) is 16.2. The first-order valence-electron chi connectivity index (χ1n) is 8.35. The highest BCUT2D eigenvalue weighted by atomic mass is 35.5. The molecule has 1 amide bonds. The van der Waals surface area contributed by atoms with E-state index in [0.717, 1.165) is 63.9 Å².